The van der Waals surface area contributed by atoms with E-state index in [2.05, 4.69) is 10.4 Å². The van der Waals surface area contributed by atoms with Crippen LogP contribution in [0.1, 0.15) is 10.5 Å². The number of carbonyl (C=O) groups excluding carboxylic acids is 1. The van der Waals surface area contributed by atoms with Crippen molar-refractivity contribution in [3.05, 3.63) is 85.7 Å². The van der Waals surface area contributed by atoms with Gasteiger partial charge in [-0.3, -0.25) is 25.0 Å². The number of nitro groups is 2. The Morgan fingerprint density at radius 3 is 2.59 bits per heavy atom. The molecular formula is C17H12ClN5O6. The fourth-order valence-corrected chi connectivity index (χ4v) is 2.56. The standard InChI is InChI=1S/C17H12ClN5O6/c18-12-9-11(22(25)26)5-6-16(12)29-10-21-8-7-14(20-21)17(24)19-13-3-1-2-4-15(13)23(27)28/h1-9H,10H2,(H,19,24). The first kappa shape index (κ1) is 19.8. The summed E-state index contributed by atoms with van der Waals surface area (Å²) in [5, 5.41) is 28.3. The molecule has 3 aromatic rings. The number of nitrogens with one attached hydrogen (secondary N) is 1. The van der Waals surface area contributed by atoms with Crippen molar-refractivity contribution in [2.24, 2.45) is 0 Å². The molecule has 0 radical (unpaired) electrons. The molecule has 0 spiro atoms. The summed E-state index contributed by atoms with van der Waals surface area (Å²) in [6, 6.07) is 10.9. The van der Waals surface area contributed by atoms with Crippen molar-refractivity contribution >= 4 is 34.6 Å². The Hall–Kier alpha value is -3.99. The average molecular weight is 418 g/mol. The third-order valence-corrected chi connectivity index (χ3v) is 4.00. The topological polar surface area (TPSA) is 142 Å². The maximum absolute atomic E-state index is 12.3. The van der Waals surface area contributed by atoms with Gasteiger partial charge in [-0.05, 0) is 18.2 Å². The lowest BCUT2D eigenvalue weighted by Gasteiger charge is -2.08. The zero-order valence-corrected chi connectivity index (χ0v) is 15.3. The van der Waals surface area contributed by atoms with Crippen LogP contribution in [-0.2, 0) is 6.73 Å². The number of ether oxygens (including phenoxy) is 1. The second kappa shape index (κ2) is 8.35. The summed E-state index contributed by atoms with van der Waals surface area (Å²) in [5.41, 5.74) is -0.348. The number of aromatic nitrogens is 2. The fraction of sp³-hybridized carbons (Fsp3) is 0.0588. The highest BCUT2D eigenvalue weighted by molar-refractivity contribution is 6.32. The maximum Gasteiger partial charge on any atom is 0.292 e. The Balaban J connectivity index is 1.66. The van der Waals surface area contributed by atoms with E-state index < -0.39 is 15.8 Å². The van der Waals surface area contributed by atoms with Crippen LogP contribution in [0, 0.1) is 20.2 Å². The Morgan fingerprint density at radius 1 is 1.14 bits per heavy atom. The third kappa shape index (κ3) is 4.65. The predicted molar refractivity (Wildman–Crippen MR) is 102 cm³/mol. The molecular weight excluding hydrogens is 406 g/mol. The number of nitro benzene ring substituents is 2. The Labute approximate surface area is 167 Å². The lowest BCUT2D eigenvalue weighted by atomic mass is 10.2. The Morgan fingerprint density at radius 2 is 1.90 bits per heavy atom. The van der Waals surface area contributed by atoms with Crippen molar-refractivity contribution in [2.45, 2.75) is 6.73 Å². The van der Waals surface area contributed by atoms with Crippen LogP contribution in [0.25, 0.3) is 0 Å². The molecule has 0 saturated carbocycles. The molecule has 0 saturated heterocycles. The average Bonchev–Trinajstić information content (AvgIpc) is 3.16. The summed E-state index contributed by atoms with van der Waals surface area (Å²) in [6.07, 6.45) is 1.47. The van der Waals surface area contributed by atoms with E-state index in [1.54, 1.807) is 6.07 Å². The van der Waals surface area contributed by atoms with Crippen LogP contribution in [-0.4, -0.2) is 25.5 Å². The van der Waals surface area contributed by atoms with E-state index in [0.29, 0.717) is 0 Å². The van der Waals surface area contributed by atoms with E-state index in [1.165, 1.54) is 47.3 Å². The quantitative estimate of drug-likeness (QED) is 0.456. The first-order valence-electron chi connectivity index (χ1n) is 8.00. The number of hydrogen-bond donors (Lipinski definition) is 1. The highest BCUT2D eigenvalue weighted by atomic mass is 35.5. The summed E-state index contributed by atoms with van der Waals surface area (Å²) in [7, 11) is 0. The van der Waals surface area contributed by atoms with Crippen molar-refractivity contribution in [3.8, 4) is 5.75 Å². The lowest BCUT2D eigenvalue weighted by molar-refractivity contribution is -0.384. The van der Waals surface area contributed by atoms with Crippen LogP contribution in [0.5, 0.6) is 5.75 Å². The molecule has 0 bridgehead atoms. The fourth-order valence-electron chi connectivity index (χ4n) is 2.34. The van der Waals surface area contributed by atoms with Gasteiger partial charge in [0.25, 0.3) is 17.3 Å². The van der Waals surface area contributed by atoms with Gasteiger partial charge in [-0.1, -0.05) is 23.7 Å². The Bertz CT molecular complexity index is 1100. The minimum absolute atomic E-state index is 0.0153. The van der Waals surface area contributed by atoms with Gasteiger partial charge in [-0.25, -0.2) is 4.68 Å². The summed E-state index contributed by atoms with van der Waals surface area (Å²) in [5.74, 6) is -0.426. The summed E-state index contributed by atoms with van der Waals surface area (Å²) in [6.45, 7) is -0.115. The van der Waals surface area contributed by atoms with Gasteiger partial charge in [0.05, 0.1) is 14.9 Å². The van der Waals surface area contributed by atoms with Crippen molar-refractivity contribution in [2.75, 3.05) is 5.32 Å². The molecule has 148 valence electrons. The molecule has 1 aromatic heterocycles. The molecule has 0 unspecified atom stereocenters. The van der Waals surface area contributed by atoms with E-state index in [4.69, 9.17) is 16.3 Å². The number of para-hydroxylation sites is 2. The van der Waals surface area contributed by atoms with E-state index in [-0.39, 0.29) is 40.3 Å². The summed E-state index contributed by atoms with van der Waals surface area (Å²) in [4.78, 5) is 32.9. The van der Waals surface area contributed by atoms with Crippen LogP contribution in [0.4, 0.5) is 17.1 Å². The molecule has 0 aliphatic heterocycles. The normalized spacial score (nSPS) is 10.4. The summed E-state index contributed by atoms with van der Waals surface area (Å²) >= 11 is 5.95. The number of nitrogens with zero attached hydrogens (tertiary/aromatic N) is 4. The van der Waals surface area contributed by atoms with Gasteiger partial charge in [-0.15, -0.1) is 0 Å². The molecule has 11 nitrogen and oxygen atoms in total. The zero-order chi connectivity index (χ0) is 21.0. The monoisotopic (exact) mass is 417 g/mol. The molecule has 1 heterocycles. The molecule has 2 aromatic carbocycles. The number of amides is 1. The summed E-state index contributed by atoms with van der Waals surface area (Å²) < 4.78 is 6.74. The highest BCUT2D eigenvalue weighted by Crippen LogP contribution is 2.29. The molecule has 1 N–H and O–H groups in total. The maximum atomic E-state index is 12.3. The molecule has 3 rings (SSSR count). The molecule has 1 amide bonds. The van der Waals surface area contributed by atoms with Crippen LogP contribution < -0.4 is 10.1 Å². The number of hydrogen-bond acceptors (Lipinski definition) is 7. The smallest absolute Gasteiger partial charge is 0.292 e. The zero-order valence-electron chi connectivity index (χ0n) is 14.5. The van der Waals surface area contributed by atoms with Crippen LogP contribution >= 0.6 is 11.6 Å². The van der Waals surface area contributed by atoms with E-state index in [1.807, 2.05) is 0 Å². The molecule has 29 heavy (non-hydrogen) atoms. The van der Waals surface area contributed by atoms with Crippen molar-refractivity contribution in [1.82, 2.24) is 9.78 Å². The van der Waals surface area contributed by atoms with E-state index in [9.17, 15) is 25.0 Å². The van der Waals surface area contributed by atoms with Gasteiger partial charge in [-0.2, -0.15) is 5.10 Å². The van der Waals surface area contributed by atoms with Crippen molar-refractivity contribution < 1.29 is 19.4 Å². The van der Waals surface area contributed by atoms with Crippen LogP contribution in [0.3, 0.4) is 0 Å². The molecule has 0 aliphatic carbocycles. The number of benzene rings is 2. The van der Waals surface area contributed by atoms with Crippen molar-refractivity contribution in [3.63, 3.8) is 0 Å². The van der Waals surface area contributed by atoms with Gasteiger partial charge in [0, 0.05) is 24.4 Å². The van der Waals surface area contributed by atoms with Gasteiger partial charge in [0.2, 0.25) is 0 Å². The van der Waals surface area contributed by atoms with Gasteiger partial charge >= 0.3 is 0 Å². The van der Waals surface area contributed by atoms with Gasteiger partial charge < -0.3 is 10.1 Å². The first-order chi connectivity index (χ1) is 13.8. The lowest BCUT2D eigenvalue weighted by Crippen LogP contribution is -2.15. The largest absolute Gasteiger partial charge is 0.470 e. The third-order valence-electron chi connectivity index (χ3n) is 3.70. The number of rotatable bonds is 7. The second-order valence-electron chi connectivity index (χ2n) is 5.61. The minimum Gasteiger partial charge on any atom is -0.470 e. The predicted octanol–water partition coefficient (Wildman–Crippen LogP) is 3.64. The molecule has 0 atom stereocenters. The Kier molecular flexibility index (Phi) is 5.69. The van der Waals surface area contributed by atoms with E-state index >= 15 is 0 Å². The first-order valence-corrected chi connectivity index (χ1v) is 8.38. The number of anilines is 1. The SMILES string of the molecule is O=C(Nc1ccccc1[N+](=O)[O-])c1ccn(COc2ccc([N+](=O)[O-])cc2Cl)n1. The molecule has 0 aliphatic rings. The van der Waals surface area contributed by atoms with Crippen LogP contribution in [0.2, 0.25) is 5.02 Å². The van der Waals surface area contributed by atoms with Crippen LogP contribution in [0.15, 0.2) is 54.7 Å². The molecule has 12 heteroatoms. The van der Waals surface area contributed by atoms with E-state index in [0.717, 1.165) is 6.07 Å². The number of halogens is 1. The number of carbonyl (C=O) groups is 1. The van der Waals surface area contributed by atoms with Gasteiger partial charge in [0.1, 0.15) is 11.4 Å². The highest BCUT2D eigenvalue weighted by Gasteiger charge is 2.17. The van der Waals surface area contributed by atoms with Gasteiger partial charge in [0.15, 0.2) is 12.4 Å². The minimum atomic E-state index is -0.633. The van der Waals surface area contributed by atoms with Crippen molar-refractivity contribution in [1.29, 1.82) is 0 Å². The second-order valence-corrected chi connectivity index (χ2v) is 6.02. The number of non-ortho nitro benzene ring substituents is 1. The molecule has 0 fully saturated rings.